The summed E-state index contributed by atoms with van der Waals surface area (Å²) in [5.41, 5.74) is -0.506. The first-order valence-corrected chi connectivity index (χ1v) is 7.82. The molecule has 25 heavy (non-hydrogen) atoms. The molecular weight excluding hydrogens is 323 g/mol. The van der Waals surface area contributed by atoms with Gasteiger partial charge in [-0.05, 0) is 32.0 Å². The van der Waals surface area contributed by atoms with Gasteiger partial charge in [0, 0.05) is 12.1 Å². The van der Waals surface area contributed by atoms with Gasteiger partial charge in [-0.25, -0.2) is 4.39 Å². The van der Waals surface area contributed by atoms with Gasteiger partial charge in [0.2, 0.25) is 11.8 Å². The lowest BCUT2D eigenvalue weighted by Gasteiger charge is -2.23. The largest absolute Gasteiger partial charge is 0.495 e. The second-order valence-corrected chi connectivity index (χ2v) is 6.05. The van der Waals surface area contributed by atoms with Crippen LogP contribution in [0.3, 0.4) is 0 Å². The Bertz CT molecular complexity index is 775. The minimum atomic E-state index is -1.34. The first kappa shape index (κ1) is 18.4. The average molecular weight is 344 g/mol. The van der Waals surface area contributed by atoms with Crippen molar-refractivity contribution in [1.29, 1.82) is 0 Å². The highest BCUT2D eigenvalue weighted by atomic mass is 19.1. The van der Waals surface area contributed by atoms with Crippen molar-refractivity contribution >= 4 is 17.5 Å². The van der Waals surface area contributed by atoms with E-state index in [1.165, 1.54) is 27.0 Å². The summed E-state index contributed by atoms with van der Waals surface area (Å²) in [6.07, 6.45) is 0. The molecule has 0 aliphatic carbocycles. The number of halogens is 1. The highest BCUT2D eigenvalue weighted by Gasteiger charge is 2.36. The molecule has 0 atom stereocenters. The highest BCUT2D eigenvalue weighted by molar-refractivity contribution is 6.10. The van der Waals surface area contributed by atoms with Crippen molar-refractivity contribution in [2.75, 3.05) is 12.4 Å². The van der Waals surface area contributed by atoms with Crippen LogP contribution in [-0.2, 0) is 16.1 Å². The van der Waals surface area contributed by atoms with Crippen LogP contribution in [0.2, 0.25) is 0 Å². The summed E-state index contributed by atoms with van der Waals surface area (Å²) in [4.78, 5) is 24.9. The first-order chi connectivity index (χ1) is 11.9. The van der Waals surface area contributed by atoms with E-state index >= 15 is 0 Å². The van der Waals surface area contributed by atoms with Gasteiger partial charge in [-0.2, -0.15) is 0 Å². The second-order valence-electron chi connectivity index (χ2n) is 6.05. The zero-order valence-electron chi connectivity index (χ0n) is 14.4. The molecule has 2 amide bonds. The molecule has 2 aromatic rings. The van der Waals surface area contributed by atoms with Crippen molar-refractivity contribution in [3.05, 3.63) is 59.9 Å². The zero-order valence-corrected chi connectivity index (χ0v) is 14.4. The van der Waals surface area contributed by atoms with E-state index in [9.17, 15) is 14.0 Å². The Morgan fingerprint density at radius 2 is 1.68 bits per heavy atom. The highest BCUT2D eigenvalue weighted by Crippen LogP contribution is 2.26. The third kappa shape index (κ3) is 4.35. The lowest BCUT2D eigenvalue weighted by Crippen LogP contribution is -2.45. The summed E-state index contributed by atoms with van der Waals surface area (Å²) in [7, 11) is 1.50. The molecule has 5 nitrogen and oxygen atoms in total. The summed E-state index contributed by atoms with van der Waals surface area (Å²) in [5, 5.41) is 5.30. The molecule has 0 saturated carbocycles. The van der Waals surface area contributed by atoms with Crippen molar-refractivity contribution in [3.63, 3.8) is 0 Å². The maximum absolute atomic E-state index is 13.6. The maximum Gasteiger partial charge on any atom is 0.239 e. The van der Waals surface area contributed by atoms with Crippen molar-refractivity contribution in [3.8, 4) is 5.75 Å². The predicted octanol–water partition coefficient (Wildman–Crippen LogP) is 3.12. The quantitative estimate of drug-likeness (QED) is 0.791. The van der Waals surface area contributed by atoms with Gasteiger partial charge in [0.25, 0.3) is 0 Å². The lowest BCUT2D eigenvalue weighted by molar-refractivity contribution is -0.138. The van der Waals surface area contributed by atoms with E-state index in [1.807, 2.05) is 0 Å². The molecule has 2 N–H and O–H groups in total. The van der Waals surface area contributed by atoms with E-state index in [4.69, 9.17) is 4.74 Å². The molecule has 0 spiro atoms. The van der Waals surface area contributed by atoms with Gasteiger partial charge in [0.1, 0.15) is 17.0 Å². The van der Waals surface area contributed by atoms with Crippen LogP contribution in [0.25, 0.3) is 0 Å². The molecule has 2 aromatic carbocycles. The fourth-order valence-corrected chi connectivity index (χ4v) is 2.17. The molecular formula is C19H21FN2O3. The summed E-state index contributed by atoms with van der Waals surface area (Å²) in [6.45, 7) is 3.03. The molecule has 0 heterocycles. The van der Waals surface area contributed by atoms with Crippen LogP contribution in [0.15, 0.2) is 48.5 Å². The molecule has 0 aromatic heterocycles. The minimum absolute atomic E-state index is 0.0108. The summed E-state index contributed by atoms with van der Waals surface area (Å²) >= 11 is 0. The van der Waals surface area contributed by atoms with E-state index in [-0.39, 0.29) is 6.54 Å². The Labute approximate surface area is 146 Å². The van der Waals surface area contributed by atoms with Gasteiger partial charge < -0.3 is 15.4 Å². The van der Waals surface area contributed by atoms with Crippen LogP contribution < -0.4 is 15.4 Å². The van der Waals surface area contributed by atoms with Crippen LogP contribution in [0.5, 0.6) is 5.75 Å². The number of nitrogens with one attached hydrogen (secondary N) is 2. The maximum atomic E-state index is 13.6. The minimum Gasteiger partial charge on any atom is -0.495 e. The van der Waals surface area contributed by atoms with E-state index in [1.54, 1.807) is 42.5 Å². The number of ether oxygens (including phenoxy) is 1. The molecule has 0 aliphatic heterocycles. The zero-order chi connectivity index (χ0) is 18.4. The van der Waals surface area contributed by atoms with Crippen molar-refractivity contribution in [1.82, 2.24) is 5.32 Å². The Morgan fingerprint density at radius 3 is 2.36 bits per heavy atom. The molecule has 6 heteroatoms. The number of carbonyl (C=O) groups excluding carboxylic acids is 2. The molecule has 0 saturated heterocycles. The summed E-state index contributed by atoms with van der Waals surface area (Å²) < 4.78 is 18.8. The van der Waals surface area contributed by atoms with Gasteiger partial charge in [-0.3, -0.25) is 9.59 Å². The van der Waals surface area contributed by atoms with Gasteiger partial charge >= 0.3 is 0 Å². The van der Waals surface area contributed by atoms with Crippen LogP contribution in [0.1, 0.15) is 19.4 Å². The second kappa shape index (κ2) is 7.79. The van der Waals surface area contributed by atoms with Crippen LogP contribution in [-0.4, -0.2) is 18.9 Å². The fraction of sp³-hybridized carbons (Fsp3) is 0.263. The van der Waals surface area contributed by atoms with Gasteiger partial charge in [-0.15, -0.1) is 0 Å². The fourth-order valence-electron chi connectivity index (χ4n) is 2.17. The van der Waals surface area contributed by atoms with Crippen LogP contribution >= 0.6 is 0 Å². The number of hydrogen-bond donors (Lipinski definition) is 2. The normalized spacial score (nSPS) is 10.9. The Morgan fingerprint density at radius 1 is 1.04 bits per heavy atom. The molecule has 2 rings (SSSR count). The first-order valence-electron chi connectivity index (χ1n) is 7.82. The predicted molar refractivity (Wildman–Crippen MR) is 93.7 cm³/mol. The van der Waals surface area contributed by atoms with Crippen molar-refractivity contribution < 1.29 is 18.7 Å². The molecule has 0 unspecified atom stereocenters. The number of anilines is 1. The number of benzene rings is 2. The SMILES string of the molecule is COc1ccccc1NC(=O)C(C)(C)C(=O)NCc1ccccc1F. The molecule has 132 valence electrons. The Hall–Kier alpha value is -2.89. The number of para-hydroxylation sites is 2. The summed E-state index contributed by atoms with van der Waals surface area (Å²) in [5.74, 6) is -0.885. The Kier molecular flexibility index (Phi) is 5.75. The molecule has 0 aliphatic rings. The van der Waals surface area contributed by atoms with E-state index in [2.05, 4.69) is 10.6 Å². The van der Waals surface area contributed by atoms with E-state index in [0.717, 1.165) is 0 Å². The van der Waals surface area contributed by atoms with Crippen LogP contribution in [0, 0.1) is 11.2 Å². The van der Waals surface area contributed by atoms with Crippen LogP contribution in [0.4, 0.5) is 10.1 Å². The van der Waals surface area contributed by atoms with Gasteiger partial charge in [0.15, 0.2) is 0 Å². The van der Waals surface area contributed by atoms with Crippen molar-refractivity contribution in [2.45, 2.75) is 20.4 Å². The number of rotatable bonds is 6. The number of amides is 2. The monoisotopic (exact) mass is 344 g/mol. The standard InChI is InChI=1S/C19H21FN2O3/c1-19(2,17(23)21-12-13-8-4-5-9-14(13)20)18(24)22-15-10-6-7-11-16(15)25-3/h4-11H,12H2,1-3H3,(H,21,23)(H,22,24). The number of methoxy groups -OCH3 is 1. The molecule has 0 fully saturated rings. The topological polar surface area (TPSA) is 67.4 Å². The Balaban J connectivity index is 2.04. The lowest BCUT2D eigenvalue weighted by atomic mass is 9.90. The van der Waals surface area contributed by atoms with Gasteiger partial charge in [-0.1, -0.05) is 30.3 Å². The van der Waals surface area contributed by atoms with E-state index < -0.39 is 23.0 Å². The van der Waals surface area contributed by atoms with Crippen molar-refractivity contribution in [2.24, 2.45) is 5.41 Å². The van der Waals surface area contributed by atoms with E-state index in [0.29, 0.717) is 17.0 Å². The van der Waals surface area contributed by atoms with Gasteiger partial charge in [0.05, 0.1) is 12.8 Å². The third-order valence-electron chi connectivity index (χ3n) is 3.89. The average Bonchev–Trinajstić information content (AvgIpc) is 2.61. The number of hydrogen-bond acceptors (Lipinski definition) is 3. The summed E-state index contributed by atoms with van der Waals surface area (Å²) in [6, 6.07) is 13.1. The molecule has 0 radical (unpaired) electrons. The number of carbonyl (C=O) groups is 2. The smallest absolute Gasteiger partial charge is 0.239 e. The molecule has 0 bridgehead atoms. The third-order valence-corrected chi connectivity index (χ3v) is 3.89.